The highest BCUT2D eigenvalue weighted by atomic mass is 32.2. The van der Waals surface area contributed by atoms with Gasteiger partial charge in [0.2, 0.25) is 0 Å². The summed E-state index contributed by atoms with van der Waals surface area (Å²) >= 11 is 1.38. The highest BCUT2D eigenvalue weighted by molar-refractivity contribution is 7.97. The van der Waals surface area contributed by atoms with Gasteiger partial charge in [0.05, 0.1) is 25.3 Å². The molecule has 0 saturated heterocycles. The molecule has 3 rings (SSSR count). The van der Waals surface area contributed by atoms with Gasteiger partial charge in [0.15, 0.2) is 5.84 Å². The summed E-state index contributed by atoms with van der Waals surface area (Å²) in [5, 5.41) is 8.55. The summed E-state index contributed by atoms with van der Waals surface area (Å²) in [6.07, 6.45) is -4.40. The number of hydrogen-bond acceptors (Lipinski definition) is 7. The molecule has 0 radical (unpaired) electrons. The van der Waals surface area contributed by atoms with Gasteiger partial charge in [-0.15, -0.1) is 5.10 Å². The Morgan fingerprint density at radius 1 is 1.06 bits per heavy atom. The first-order valence-electron chi connectivity index (χ1n) is 10.7. The molecule has 0 aliphatic carbocycles. The number of hydrogen-bond donors (Lipinski definition) is 4. The summed E-state index contributed by atoms with van der Waals surface area (Å²) < 4.78 is 47.2. The van der Waals surface area contributed by atoms with Crippen molar-refractivity contribution in [3.63, 3.8) is 0 Å². The van der Waals surface area contributed by atoms with E-state index in [0.717, 1.165) is 22.6 Å². The number of alkyl halides is 3. The maximum Gasteiger partial charge on any atom is 0.416 e. The van der Waals surface area contributed by atoms with Crippen molar-refractivity contribution in [3.8, 4) is 0 Å². The minimum atomic E-state index is -4.40. The van der Waals surface area contributed by atoms with Crippen molar-refractivity contribution >= 4 is 29.2 Å². The SMILES string of the molecule is CNSc1ccc(Nc2ccc(C(F)(F)F)cc2)c(/C(N)=N/N(N)CCOCc2ccccc2)c1. The average molecular weight is 505 g/mol. The van der Waals surface area contributed by atoms with Crippen molar-refractivity contribution in [1.82, 2.24) is 9.84 Å². The third-order valence-corrected chi connectivity index (χ3v) is 5.48. The maximum atomic E-state index is 12.9. The lowest BCUT2D eigenvalue weighted by atomic mass is 10.1. The molecule has 6 N–H and O–H groups in total. The van der Waals surface area contributed by atoms with Gasteiger partial charge in [-0.1, -0.05) is 30.3 Å². The number of ether oxygens (including phenoxy) is 1. The van der Waals surface area contributed by atoms with Crippen LogP contribution in [0.15, 0.2) is 82.8 Å². The monoisotopic (exact) mass is 504 g/mol. The van der Waals surface area contributed by atoms with Crippen LogP contribution in [-0.2, 0) is 17.5 Å². The first-order valence-corrected chi connectivity index (χ1v) is 11.5. The van der Waals surface area contributed by atoms with Gasteiger partial charge < -0.3 is 15.8 Å². The van der Waals surface area contributed by atoms with E-state index in [0.29, 0.717) is 36.7 Å². The van der Waals surface area contributed by atoms with Gasteiger partial charge in [-0.3, -0.25) is 4.72 Å². The highest BCUT2D eigenvalue weighted by Gasteiger charge is 2.30. The van der Waals surface area contributed by atoms with Crippen LogP contribution in [0.1, 0.15) is 16.7 Å². The van der Waals surface area contributed by atoms with Crippen molar-refractivity contribution in [2.24, 2.45) is 16.7 Å². The Bertz CT molecular complexity index is 1110. The molecule has 0 bridgehead atoms. The lowest BCUT2D eigenvalue weighted by molar-refractivity contribution is -0.137. The molecule has 0 heterocycles. The fourth-order valence-electron chi connectivity index (χ4n) is 3.09. The van der Waals surface area contributed by atoms with E-state index >= 15 is 0 Å². The van der Waals surface area contributed by atoms with Crippen molar-refractivity contribution in [2.75, 3.05) is 25.5 Å². The van der Waals surface area contributed by atoms with Crippen LogP contribution in [0.25, 0.3) is 0 Å². The van der Waals surface area contributed by atoms with E-state index in [1.54, 1.807) is 13.1 Å². The second-order valence-corrected chi connectivity index (χ2v) is 8.48. The third kappa shape index (κ3) is 8.18. The van der Waals surface area contributed by atoms with Crippen LogP contribution in [0.4, 0.5) is 24.5 Å². The second-order valence-electron chi connectivity index (χ2n) is 7.40. The Morgan fingerprint density at radius 2 is 1.77 bits per heavy atom. The quantitative estimate of drug-likeness (QED) is 0.0751. The summed E-state index contributed by atoms with van der Waals surface area (Å²) in [5.41, 5.74) is 8.18. The third-order valence-electron chi connectivity index (χ3n) is 4.79. The van der Waals surface area contributed by atoms with Gasteiger partial charge in [-0.05, 0) is 67.0 Å². The Morgan fingerprint density at radius 3 is 2.43 bits per heavy atom. The zero-order valence-electron chi connectivity index (χ0n) is 19.0. The van der Waals surface area contributed by atoms with Gasteiger partial charge in [-0.2, -0.15) is 13.2 Å². The number of hydrazine groups is 1. The van der Waals surface area contributed by atoms with Crippen LogP contribution < -0.4 is 21.6 Å². The molecule has 7 nitrogen and oxygen atoms in total. The minimum Gasteiger partial charge on any atom is -0.382 e. The molecule has 0 aliphatic rings. The van der Waals surface area contributed by atoms with Gasteiger partial charge >= 0.3 is 6.18 Å². The lowest BCUT2D eigenvalue weighted by Gasteiger charge is -2.17. The molecule has 0 aromatic heterocycles. The van der Waals surface area contributed by atoms with Crippen LogP contribution in [-0.4, -0.2) is 31.2 Å². The maximum absolute atomic E-state index is 12.9. The summed E-state index contributed by atoms with van der Waals surface area (Å²) in [6, 6.07) is 19.9. The van der Waals surface area contributed by atoms with E-state index in [1.165, 1.54) is 29.2 Å². The largest absolute Gasteiger partial charge is 0.416 e. The summed E-state index contributed by atoms with van der Waals surface area (Å²) in [5.74, 6) is 6.13. The summed E-state index contributed by atoms with van der Waals surface area (Å²) in [7, 11) is 1.78. The number of nitrogens with two attached hydrogens (primary N) is 2. The van der Waals surface area contributed by atoms with E-state index in [2.05, 4.69) is 15.1 Å². The second kappa shape index (κ2) is 12.5. The fraction of sp³-hybridized carbons (Fsp3) is 0.208. The van der Waals surface area contributed by atoms with Gasteiger partial charge in [0.25, 0.3) is 0 Å². The molecule has 0 atom stereocenters. The van der Waals surface area contributed by atoms with E-state index in [9.17, 15) is 13.2 Å². The Balaban J connectivity index is 1.70. The highest BCUT2D eigenvalue weighted by Crippen LogP contribution is 2.31. The van der Waals surface area contributed by atoms with Crippen molar-refractivity contribution in [3.05, 3.63) is 89.5 Å². The fourth-order valence-corrected chi connectivity index (χ4v) is 3.64. The number of benzene rings is 3. The predicted molar refractivity (Wildman–Crippen MR) is 134 cm³/mol. The molecular weight excluding hydrogens is 477 g/mol. The van der Waals surface area contributed by atoms with E-state index in [-0.39, 0.29) is 5.84 Å². The molecule has 0 unspecified atom stereocenters. The van der Waals surface area contributed by atoms with E-state index in [4.69, 9.17) is 16.3 Å². The summed E-state index contributed by atoms with van der Waals surface area (Å²) in [6.45, 7) is 1.10. The number of anilines is 2. The number of nitrogens with one attached hydrogen (secondary N) is 2. The van der Waals surface area contributed by atoms with Gasteiger partial charge in [0.1, 0.15) is 0 Å². The predicted octanol–water partition coefficient (Wildman–Crippen LogP) is 4.69. The normalized spacial score (nSPS) is 12.0. The number of rotatable bonds is 11. The Kier molecular flexibility index (Phi) is 9.38. The zero-order chi connectivity index (χ0) is 25.3. The topological polar surface area (TPSA) is 101 Å². The Labute approximate surface area is 206 Å². The summed E-state index contributed by atoms with van der Waals surface area (Å²) in [4.78, 5) is 0.869. The minimum absolute atomic E-state index is 0.142. The molecule has 3 aromatic rings. The number of nitrogens with zero attached hydrogens (tertiary/aromatic N) is 2. The Hall–Kier alpha value is -3.25. The average Bonchev–Trinajstić information content (AvgIpc) is 2.83. The van der Waals surface area contributed by atoms with Crippen molar-refractivity contribution < 1.29 is 17.9 Å². The molecule has 0 saturated carbocycles. The number of hydrazone groups is 1. The first kappa shape index (κ1) is 26.4. The molecule has 0 spiro atoms. The number of amidine groups is 1. The first-order chi connectivity index (χ1) is 16.8. The lowest BCUT2D eigenvalue weighted by Crippen LogP contribution is -2.32. The molecule has 0 aliphatic heterocycles. The molecular formula is C24H27F3N6OS. The number of halogens is 3. The smallest absolute Gasteiger partial charge is 0.382 e. The van der Waals surface area contributed by atoms with Gasteiger partial charge in [-0.25, -0.2) is 11.0 Å². The van der Waals surface area contributed by atoms with Crippen LogP contribution in [0.2, 0.25) is 0 Å². The molecule has 11 heteroatoms. The standard InChI is InChI=1S/C24H27F3N6OS/c1-30-35-20-11-12-22(31-19-9-7-18(8-10-19)24(25,26)27)21(15-20)23(28)32-33(29)13-14-34-16-17-5-3-2-4-6-17/h2-12,15,30-31H,13-14,16,29H2,1H3,(H2,28,32). The molecule has 0 fully saturated rings. The van der Waals surface area contributed by atoms with E-state index < -0.39 is 11.7 Å². The molecule has 186 valence electrons. The van der Waals surface area contributed by atoms with Crippen molar-refractivity contribution in [2.45, 2.75) is 17.7 Å². The van der Waals surface area contributed by atoms with Crippen LogP contribution >= 0.6 is 11.9 Å². The molecule has 35 heavy (non-hydrogen) atoms. The zero-order valence-corrected chi connectivity index (χ0v) is 19.9. The van der Waals surface area contributed by atoms with Crippen molar-refractivity contribution in [1.29, 1.82) is 0 Å². The van der Waals surface area contributed by atoms with Crippen LogP contribution in [0.3, 0.4) is 0 Å². The molecule has 3 aromatic carbocycles. The van der Waals surface area contributed by atoms with Gasteiger partial charge in [0, 0.05) is 21.8 Å². The molecule has 0 amide bonds. The van der Waals surface area contributed by atoms with E-state index in [1.807, 2.05) is 42.5 Å². The van der Waals surface area contributed by atoms with Crippen LogP contribution in [0.5, 0.6) is 0 Å². The van der Waals surface area contributed by atoms with Crippen LogP contribution in [0, 0.1) is 0 Å².